The Labute approximate surface area is 143 Å². The fraction of sp³-hybridized carbons (Fsp3) is 0.400. The van der Waals surface area contributed by atoms with Crippen LogP contribution in [0.3, 0.4) is 0 Å². The molecule has 1 aromatic carbocycles. The topological polar surface area (TPSA) is 98.5 Å². The Morgan fingerprint density at radius 3 is 2.57 bits per heavy atom. The Balaban J connectivity index is 1.88. The molecule has 6 nitrogen and oxygen atoms in total. The third-order valence-electron chi connectivity index (χ3n) is 3.63. The molecule has 1 aromatic rings. The number of esters is 1. The van der Waals surface area contributed by atoms with Crippen LogP contribution in [0.25, 0.3) is 0 Å². The molecule has 124 valence electrons. The predicted molar refractivity (Wildman–Crippen MR) is 85.5 cm³/mol. The number of carbonyl (C=O) groups is 3. The molecule has 0 spiro atoms. The molecule has 0 aliphatic carbocycles. The Bertz CT molecular complexity index is 616. The van der Waals surface area contributed by atoms with Gasteiger partial charge in [-0.2, -0.15) is 0 Å². The van der Waals surface area contributed by atoms with Crippen molar-refractivity contribution in [1.29, 1.82) is 0 Å². The summed E-state index contributed by atoms with van der Waals surface area (Å²) in [7, 11) is 0. The number of benzene rings is 1. The van der Waals surface area contributed by atoms with Crippen LogP contribution in [-0.4, -0.2) is 36.9 Å². The lowest BCUT2D eigenvalue weighted by atomic mass is 9.97. The first-order valence-corrected chi connectivity index (χ1v) is 7.83. The van der Waals surface area contributed by atoms with Crippen LogP contribution in [0, 0.1) is 5.92 Å². The molecule has 3 N–H and O–H groups in total. The second-order valence-corrected chi connectivity index (χ2v) is 6.07. The lowest BCUT2D eigenvalue weighted by Crippen LogP contribution is -2.37. The van der Waals surface area contributed by atoms with Crippen LogP contribution in [-0.2, 0) is 14.3 Å². The molecule has 0 saturated carbocycles. The number of nitrogens with two attached hydrogens (primary N) is 1. The van der Waals surface area contributed by atoms with Crippen LogP contribution in [0.1, 0.15) is 23.2 Å². The number of Topliss-reactive ketones (excluding diaryl/α,β-unsaturated/α-hetero) is 1. The zero-order valence-corrected chi connectivity index (χ0v) is 13.7. The van der Waals surface area contributed by atoms with E-state index in [2.05, 4.69) is 5.32 Å². The van der Waals surface area contributed by atoms with Crippen LogP contribution < -0.4 is 11.1 Å². The largest absolute Gasteiger partial charge is 0.454 e. The van der Waals surface area contributed by atoms with Gasteiger partial charge >= 0.3 is 5.97 Å². The summed E-state index contributed by atoms with van der Waals surface area (Å²) >= 11 is 11.8. The van der Waals surface area contributed by atoms with Crippen molar-refractivity contribution in [3.63, 3.8) is 0 Å². The highest BCUT2D eigenvalue weighted by Crippen LogP contribution is 2.25. The number of amides is 1. The first kappa shape index (κ1) is 17.7. The van der Waals surface area contributed by atoms with Gasteiger partial charge in [0.2, 0.25) is 5.91 Å². The summed E-state index contributed by atoms with van der Waals surface area (Å²) in [4.78, 5) is 35.4. The number of hydrogen-bond donors (Lipinski definition) is 2. The molecular weight excluding hydrogens is 343 g/mol. The van der Waals surface area contributed by atoms with E-state index in [1.54, 1.807) is 6.07 Å². The van der Waals surface area contributed by atoms with E-state index in [-0.39, 0.29) is 33.9 Å². The van der Waals surface area contributed by atoms with Gasteiger partial charge in [0, 0.05) is 12.5 Å². The van der Waals surface area contributed by atoms with Gasteiger partial charge in [0.1, 0.15) is 0 Å². The summed E-state index contributed by atoms with van der Waals surface area (Å²) in [6.45, 7) is 0.0975. The molecule has 8 heteroatoms. The van der Waals surface area contributed by atoms with Crippen LogP contribution in [0.5, 0.6) is 0 Å². The van der Waals surface area contributed by atoms with E-state index in [4.69, 9.17) is 33.7 Å². The zero-order chi connectivity index (χ0) is 17.0. The summed E-state index contributed by atoms with van der Waals surface area (Å²) in [5.74, 6) is -1.63. The maximum absolute atomic E-state index is 12.0. The third-order valence-corrected chi connectivity index (χ3v) is 4.26. The maximum Gasteiger partial charge on any atom is 0.341 e. The monoisotopic (exact) mass is 358 g/mol. The Morgan fingerprint density at radius 2 is 2.00 bits per heavy atom. The number of hydrogen-bond acceptors (Lipinski definition) is 5. The van der Waals surface area contributed by atoms with Crippen molar-refractivity contribution in [3.8, 4) is 0 Å². The van der Waals surface area contributed by atoms with Crippen LogP contribution in [0.2, 0.25) is 10.0 Å². The van der Waals surface area contributed by atoms with Gasteiger partial charge in [-0.15, -0.1) is 0 Å². The second kappa shape index (κ2) is 7.77. The van der Waals surface area contributed by atoms with Crippen molar-refractivity contribution in [2.24, 2.45) is 11.7 Å². The van der Waals surface area contributed by atoms with E-state index in [1.165, 1.54) is 12.1 Å². The van der Waals surface area contributed by atoms with Crippen molar-refractivity contribution < 1.29 is 19.1 Å². The minimum absolute atomic E-state index is 0.00683. The maximum atomic E-state index is 12.0. The van der Waals surface area contributed by atoms with Gasteiger partial charge in [-0.05, 0) is 25.0 Å². The van der Waals surface area contributed by atoms with E-state index in [0.717, 1.165) is 0 Å². The summed E-state index contributed by atoms with van der Waals surface area (Å²) < 4.78 is 4.93. The van der Waals surface area contributed by atoms with E-state index in [9.17, 15) is 14.4 Å². The fourth-order valence-corrected chi connectivity index (χ4v) is 2.87. The van der Waals surface area contributed by atoms with Crippen LogP contribution >= 0.6 is 23.2 Å². The van der Waals surface area contributed by atoms with Crippen molar-refractivity contribution >= 4 is 40.9 Å². The number of ketones is 1. The van der Waals surface area contributed by atoms with Gasteiger partial charge in [0.25, 0.3) is 0 Å². The minimum Gasteiger partial charge on any atom is -0.454 e. The molecule has 1 fully saturated rings. The highest BCUT2D eigenvalue weighted by molar-refractivity contribution is 6.39. The van der Waals surface area contributed by atoms with E-state index in [1.807, 2.05) is 0 Å². The first-order valence-electron chi connectivity index (χ1n) is 7.07. The van der Waals surface area contributed by atoms with Crippen molar-refractivity contribution in [2.75, 3.05) is 13.2 Å². The van der Waals surface area contributed by atoms with Gasteiger partial charge in [0.15, 0.2) is 12.4 Å². The Kier molecular flexibility index (Phi) is 5.98. The van der Waals surface area contributed by atoms with E-state index >= 15 is 0 Å². The standard InChI is InChI=1S/C15H16Cl2N2O4/c16-9-2-1-3-10(17)13(9)15(22)23-7-12(20)11(18)6-8-4-5-19-14(8)21/h1-3,8,11H,4-7,18H2,(H,19,21)/t8-,11-/m0/s1. The molecule has 2 atom stereocenters. The first-order chi connectivity index (χ1) is 10.9. The van der Waals surface area contributed by atoms with Gasteiger partial charge in [-0.1, -0.05) is 29.3 Å². The number of halogens is 2. The molecule has 0 bridgehead atoms. The van der Waals surface area contributed by atoms with Gasteiger partial charge < -0.3 is 15.8 Å². The molecular formula is C15H16Cl2N2O4. The number of ether oxygens (including phenoxy) is 1. The molecule has 23 heavy (non-hydrogen) atoms. The van der Waals surface area contributed by atoms with Crippen LogP contribution in [0.15, 0.2) is 18.2 Å². The Morgan fingerprint density at radius 1 is 1.35 bits per heavy atom. The second-order valence-electron chi connectivity index (χ2n) is 5.26. The smallest absolute Gasteiger partial charge is 0.341 e. The molecule has 0 radical (unpaired) electrons. The molecule has 0 unspecified atom stereocenters. The van der Waals surface area contributed by atoms with E-state index in [0.29, 0.717) is 13.0 Å². The lowest BCUT2D eigenvalue weighted by molar-refractivity contribution is -0.125. The van der Waals surface area contributed by atoms with Gasteiger partial charge in [0.05, 0.1) is 21.7 Å². The lowest BCUT2D eigenvalue weighted by Gasteiger charge is -2.14. The highest BCUT2D eigenvalue weighted by atomic mass is 35.5. The molecule has 1 amide bonds. The van der Waals surface area contributed by atoms with Gasteiger partial charge in [-0.25, -0.2) is 4.79 Å². The quantitative estimate of drug-likeness (QED) is 0.752. The molecule has 2 rings (SSSR count). The minimum atomic E-state index is -0.863. The summed E-state index contributed by atoms with van der Waals surface area (Å²) in [6.07, 6.45) is 0.879. The molecule has 1 aliphatic rings. The normalized spacial score (nSPS) is 18.4. The molecule has 1 saturated heterocycles. The number of carbonyl (C=O) groups excluding carboxylic acids is 3. The summed E-state index contributed by atoms with van der Waals surface area (Å²) in [5.41, 5.74) is 5.78. The van der Waals surface area contributed by atoms with Gasteiger partial charge in [-0.3, -0.25) is 9.59 Å². The highest BCUT2D eigenvalue weighted by Gasteiger charge is 2.29. The van der Waals surface area contributed by atoms with Crippen LogP contribution in [0.4, 0.5) is 0 Å². The Hall–Kier alpha value is -1.63. The van der Waals surface area contributed by atoms with Crippen molar-refractivity contribution in [2.45, 2.75) is 18.9 Å². The van der Waals surface area contributed by atoms with E-state index < -0.39 is 24.4 Å². The third kappa shape index (κ3) is 4.43. The number of rotatable bonds is 6. The number of nitrogens with one attached hydrogen (secondary N) is 1. The van der Waals surface area contributed by atoms with Crippen molar-refractivity contribution in [3.05, 3.63) is 33.8 Å². The molecule has 0 aromatic heterocycles. The predicted octanol–water partition coefficient (Wildman–Crippen LogP) is 1.57. The average Bonchev–Trinajstić information content (AvgIpc) is 2.89. The SMILES string of the molecule is N[C@@H](C[C@@H]1CCNC1=O)C(=O)COC(=O)c1c(Cl)cccc1Cl. The zero-order valence-electron chi connectivity index (χ0n) is 12.2. The fourth-order valence-electron chi connectivity index (χ4n) is 2.32. The summed E-state index contributed by atoms with van der Waals surface area (Å²) in [6, 6.07) is 3.72. The average molecular weight is 359 g/mol. The van der Waals surface area contributed by atoms with Crippen molar-refractivity contribution in [1.82, 2.24) is 5.32 Å². The molecule has 1 heterocycles. The molecule has 1 aliphatic heterocycles. The summed E-state index contributed by atoms with van der Waals surface area (Å²) in [5, 5.41) is 2.96.